The summed E-state index contributed by atoms with van der Waals surface area (Å²) in [5.74, 6) is -0.255. The first-order chi connectivity index (χ1) is 8.72. The van der Waals surface area contributed by atoms with Crippen LogP contribution in [0.5, 0.6) is 0 Å². The SMILES string of the molecule is Cc1cnc(C(=O)Nc2nc3c(s2)CCC3)cn1. The zero-order valence-electron chi connectivity index (χ0n) is 9.93. The van der Waals surface area contributed by atoms with Gasteiger partial charge in [-0.2, -0.15) is 0 Å². The van der Waals surface area contributed by atoms with E-state index >= 15 is 0 Å². The Bertz CT molecular complexity index is 569. The van der Waals surface area contributed by atoms with Crippen molar-refractivity contribution in [3.05, 3.63) is 34.4 Å². The molecule has 1 aliphatic carbocycles. The molecule has 18 heavy (non-hydrogen) atoms. The third kappa shape index (κ3) is 2.11. The van der Waals surface area contributed by atoms with E-state index in [1.54, 1.807) is 17.5 Å². The van der Waals surface area contributed by atoms with Gasteiger partial charge in [-0.1, -0.05) is 0 Å². The first kappa shape index (κ1) is 11.3. The van der Waals surface area contributed by atoms with E-state index in [4.69, 9.17) is 0 Å². The number of thiazole rings is 1. The maximum absolute atomic E-state index is 11.9. The van der Waals surface area contributed by atoms with Crippen LogP contribution in [0, 0.1) is 6.92 Å². The van der Waals surface area contributed by atoms with Crippen molar-refractivity contribution < 1.29 is 4.79 Å². The minimum atomic E-state index is -0.255. The Morgan fingerprint density at radius 3 is 2.94 bits per heavy atom. The largest absolute Gasteiger partial charge is 0.296 e. The first-order valence-corrected chi connectivity index (χ1v) is 6.62. The lowest BCUT2D eigenvalue weighted by atomic mass is 10.4. The fourth-order valence-corrected chi connectivity index (χ4v) is 2.96. The third-order valence-electron chi connectivity index (χ3n) is 2.83. The van der Waals surface area contributed by atoms with Crippen molar-refractivity contribution >= 4 is 22.4 Å². The van der Waals surface area contributed by atoms with Crippen molar-refractivity contribution in [1.82, 2.24) is 15.0 Å². The Labute approximate surface area is 108 Å². The highest BCUT2D eigenvalue weighted by atomic mass is 32.1. The van der Waals surface area contributed by atoms with Gasteiger partial charge >= 0.3 is 0 Å². The molecular formula is C12H12N4OS. The zero-order valence-corrected chi connectivity index (χ0v) is 10.8. The van der Waals surface area contributed by atoms with Crippen LogP contribution in [-0.2, 0) is 12.8 Å². The average molecular weight is 260 g/mol. The van der Waals surface area contributed by atoms with Gasteiger partial charge in [0.1, 0.15) is 5.69 Å². The fourth-order valence-electron chi connectivity index (χ4n) is 1.91. The number of aryl methyl sites for hydroxylation is 3. The van der Waals surface area contributed by atoms with Gasteiger partial charge < -0.3 is 0 Å². The number of nitrogens with zero attached hydrogens (tertiary/aromatic N) is 3. The van der Waals surface area contributed by atoms with Crippen LogP contribution in [0.3, 0.4) is 0 Å². The van der Waals surface area contributed by atoms with Gasteiger partial charge in [0.25, 0.3) is 5.91 Å². The van der Waals surface area contributed by atoms with Crippen LogP contribution in [0.25, 0.3) is 0 Å². The van der Waals surface area contributed by atoms with Crippen LogP contribution < -0.4 is 5.32 Å². The molecule has 6 heteroatoms. The molecule has 0 radical (unpaired) electrons. The first-order valence-electron chi connectivity index (χ1n) is 5.81. The topological polar surface area (TPSA) is 67.8 Å². The van der Waals surface area contributed by atoms with Crippen LogP contribution in [0.1, 0.15) is 33.2 Å². The molecule has 0 saturated heterocycles. The van der Waals surface area contributed by atoms with Gasteiger partial charge in [-0.05, 0) is 26.2 Å². The van der Waals surface area contributed by atoms with Crippen molar-refractivity contribution in [2.75, 3.05) is 5.32 Å². The van der Waals surface area contributed by atoms with E-state index in [9.17, 15) is 4.79 Å². The molecule has 0 aromatic carbocycles. The summed E-state index contributed by atoms with van der Waals surface area (Å²) >= 11 is 1.56. The molecule has 0 spiro atoms. The van der Waals surface area contributed by atoms with E-state index in [1.165, 1.54) is 17.5 Å². The van der Waals surface area contributed by atoms with E-state index in [2.05, 4.69) is 20.3 Å². The summed E-state index contributed by atoms with van der Waals surface area (Å²) in [5, 5.41) is 3.43. The Morgan fingerprint density at radius 2 is 2.22 bits per heavy atom. The lowest BCUT2D eigenvalue weighted by Crippen LogP contribution is -2.14. The van der Waals surface area contributed by atoms with Gasteiger partial charge in [-0.15, -0.1) is 11.3 Å². The summed E-state index contributed by atoms with van der Waals surface area (Å²) in [6.07, 6.45) is 6.33. The van der Waals surface area contributed by atoms with Crippen LogP contribution >= 0.6 is 11.3 Å². The van der Waals surface area contributed by atoms with Crippen molar-refractivity contribution in [3.8, 4) is 0 Å². The molecule has 3 rings (SSSR count). The predicted octanol–water partition coefficient (Wildman–Crippen LogP) is 1.98. The van der Waals surface area contributed by atoms with Crippen LogP contribution in [0.4, 0.5) is 5.13 Å². The van der Waals surface area contributed by atoms with Gasteiger partial charge in [0.2, 0.25) is 0 Å². The molecule has 2 heterocycles. The van der Waals surface area contributed by atoms with Crippen LogP contribution in [0.2, 0.25) is 0 Å². The fraction of sp³-hybridized carbons (Fsp3) is 0.333. The quantitative estimate of drug-likeness (QED) is 0.896. The molecule has 1 N–H and O–H groups in total. The smallest absolute Gasteiger partial charge is 0.277 e. The molecule has 2 aromatic rings. The number of carbonyl (C=O) groups excluding carboxylic acids is 1. The monoisotopic (exact) mass is 260 g/mol. The standard InChI is InChI=1S/C12H12N4OS/c1-7-5-14-9(6-13-7)11(17)16-12-15-8-3-2-4-10(8)18-12/h5-6H,2-4H2,1H3,(H,15,16,17). The minimum Gasteiger partial charge on any atom is -0.296 e. The minimum absolute atomic E-state index is 0.255. The molecule has 0 atom stereocenters. The summed E-state index contributed by atoms with van der Waals surface area (Å²) in [6, 6.07) is 0. The highest BCUT2D eigenvalue weighted by molar-refractivity contribution is 7.15. The highest BCUT2D eigenvalue weighted by Crippen LogP contribution is 2.30. The lowest BCUT2D eigenvalue weighted by molar-refractivity contribution is 0.102. The van der Waals surface area contributed by atoms with Crippen molar-refractivity contribution in [2.45, 2.75) is 26.2 Å². The number of amides is 1. The highest BCUT2D eigenvalue weighted by Gasteiger charge is 2.18. The lowest BCUT2D eigenvalue weighted by Gasteiger charge is -2.00. The van der Waals surface area contributed by atoms with Crippen LogP contribution in [-0.4, -0.2) is 20.9 Å². The molecule has 0 bridgehead atoms. The summed E-state index contributed by atoms with van der Waals surface area (Å²) < 4.78 is 0. The van der Waals surface area contributed by atoms with Gasteiger partial charge in [0.05, 0.1) is 17.6 Å². The molecule has 0 unspecified atom stereocenters. The van der Waals surface area contributed by atoms with Gasteiger partial charge in [0, 0.05) is 11.1 Å². The zero-order chi connectivity index (χ0) is 12.5. The number of anilines is 1. The van der Waals surface area contributed by atoms with Crippen molar-refractivity contribution in [1.29, 1.82) is 0 Å². The van der Waals surface area contributed by atoms with Gasteiger partial charge in [-0.3, -0.25) is 15.1 Å². The molecule has 0 fully saturated rings. The normalized spacial score (nSPS) is 13.4. The maximum Gasteiger partial charge on any atom is 0.277 e. The van der Waals surface area contributed by atoms with E-state index < -0.39 is 0 Å². The number of hydrogen-bond acceptors (Lipinski definition) is 5. The summed E-state index contributed by atoms with van der Waals surface area (Å²) in [5.41, 5.74) is 2.24. The second-order valence-corrected chi connectivity index (χ2v) is 5.32. The Hall–Kier alpha value is -1.82. The molecule has 1 amide bonds. The second kappa shape index (κ2) is 4.45. The average Bonchev–Trinajstić information content (AvgIpc) is 2.90. The Balaban J connectivity index is 1.75. The van der Waals surface area contributed by atoms with E-state index in [-0.39, 0.29) is 5.91 Å². The van der Waals surface area contributed by atoms with Gasteiger partial charge in [0.15, 0.2) is 5.13 Å². The number of hydrogen-bond donors (Lipinski definition) is 1. The number of fused-ring (bicyclic) bond motifs is 1. The maximum atomic E-state index is 11.9. The Morgan fingerprint density at radius 1 is 1.33 bits per heavy atom. The van der Waals surface area contributed by atoms with Crippen molar-refractivity contribution in [3.63, 3.8) is 0 Å². The van der Waals surface area contributed by atoms with Gasteiger partial charge in [-0.25, -0.2) is 9.97 Å². The van der Waals surface area contributed by atoms with E-state index in [0.717, 1.165) is 24.2 Å². The summed E-state index contributed by atoms with van der Waals surface area (Å²) in [4.78, 5) is 25.7. The molecular weight excluding hydrogens is 248 g/mol. The molecule has 0 saturated carbocycles. The molecule has 1 aliphatic rings. The predicted molar refractivity (Wildman–Crippen MR) is 68.9 cm³/mol. The molecule has 0 aliphatic heterocycles. The molecule has 5 nitrogen and oxygen atoms in total. The number of carbonyl (C=O) groups is 1. The number of aromatic nitrogens is 3. The van der Waals surface area contributed by atoms with E-state index in [0.29, 0.717) is 10.8 Å². The number of nitrogens with one attached hydrogen (secondary N) is 1. The van der Waals surface area contributed by atoms with Crippen LogP contribution in [0.15, 0.2) is 12.4 Å². The molecule has 2 aromatic heterocycles. The summed E-state index contributed by atoms with van der Waals surface area (Å²) in [7, 11) is 0. The third-order valence-corrected chi connectivity index (χ3v) is 3.90. The molecule has 92 valence electrons. The Kier molecular flexibility index (Phi) is 2.79. The summed E-state index contributed by atoms with van der Waals surface area (Å²) in [6.45, 7) is 1.83. The second-order valence-electron chi connectivity index (χ2n) is 4.24. The van der Waals surface area contributed by atoms with E-state index in [1.807, 2.05) is 6.92 Å². The van der Waals surface area contributed by atoms with Crippen molar-refractivity contribution in [2.24, 2.45) is 0 Å². The number of rotatable bonds is 2.